The minimum absolute atomic E-state index is 0.0545. The van der Waals surface area contributed by atoms with Gasteiger partial charge in [-0.25, -0.2) is 9.78 Å². The topological polar surface area (TPSA) is 71.3 Å². The van der Waals surface area contributed by atoms with Crippen molar-refractivity contribution in [3.63, 3.8) is 0 Å². The number of nitrogens with zero attached hydrogens (tertiary/aromatic N) is 3. The highest BCUT2D eigenvalue weighted by Gasteiger charge is 2.32. The molecule has 0 saturated carbocycles. The van der Waals surface area contributed by atoms with Gasteiger partial charge in [-0.1, -0.05) is 17.3 Å². The number of rotatable bonds is 3. The molecule has 2 aromatic heterocycles. The first-order chi connectivity index (χ1) is 11.7. The number of thiazole rings is 1. The number of carbonyl (C=O) groups excluding carboxylic acids is 1. The van der Waals surface area contributed by atoms with Crippen LogP contribution in [-0.2, 0) is 6.54 Å². The number of nitrogens with one attached hydrogen (secondary N) is 1. The van der Waals surface area contributed by atoms with Crippen molar-refractivity contribution in [1.29, 1.82) is 0 Å². The number of hydrogen-bond acceptors (Lipinski definition) is 5. The Labute approximate surface area is 143 Å². The molecule has 6 nitrogen and oxygen atoms in total. The summed E-state index contributed by atoms with van der Waals surface area (Å²) in [7, 11) is 0. The molecule has 0 unspecified atom stereocenters. The molecule has 0 bridgehead atoms. The molecule has 1 aliphatic rings. The molecule has 3 aromatic rings. The summed E-state index contributed by atoms with van der Waals surface area (Å²) in [6.45, 7) is 2.96. The van der Waals surface area contributed by atoms with Crippen LogP contribution in [0.2, 0.25) is 0 Å². The summed E-state index contributed by atoms with van der Waals surface area (Å²) in [5.74, 6) is 0.664. The molecule has 0 aliphatic carbocycles. The number of benzene rings is 1. The molecule has 1 aromatic carbocycles. The van der Waals surface area contributed by atoms with E-state index in [1.165, 1.54) is 0 Å². The molecule has 7 heteroatoms. The van der Waals surface area contributed by atoms with E-state index in [-0.39, 0.29) is 12.1 Å². The zero-order chi connectivity index (χ0) is 16.5. The van der Waals surface area contributed by atoms with Gasteiger partial charge in [0.05, 0.1) is 28.5 Å². The Morgan fingerprint density at radius 2 is 2.33 bits per heavy atom. The van der Waals surface area contributed by atoms with Crippen LogP contribution >= 0.6 is 11.3 Å². The van der Waals surface area contributed by atoms with Crippen molar-refractivity contribution in [3.8, 4) is 0 Å². The van der Waals surface area contributed by atoms with Crippen molar-refractivity contribution in [2.24, 2.45) is 0 Å². The van der Waals surface area contributed by atoms with Crippen LogP contribution in [0.5, 0.6) is 0 Å². The molecule has 1 saturated heterocycles. The number of urea groups is 1. The molecule has 124 valence electrons. The van der Waals surface area contributed by atoms with Gasteiger partial charge >= 0.3 is 6.03 Å². The minimum atomic E-state index is -0.0780. The lowest BCUT2D eigenvalue weighted by molar-refractivity contribution is 0.191. The number of aromatic nitrogens is 2. The number of likely N-dealkylation sites (tertiary alicyclic amines) is 1. The Balaban J connectivity index is 1.48. The van der Waals surface area contributed by atoms with Gasteiger partial charge < -0.3 is 14.7 Å². The fourth-order valence-corrected chi connectivity index (χ4v) is 4.18. The second kappa shape index (κ2) is 6.24. The van der Waals surface area contributed by atoms with Gasteiger partial charge in [0.15, 0.2) is 5.76 Å². The van der Waals surface area contributed by atoms with E-state index in [2.05, 4.69) is 16.5 Å². The van der Waals surface area contributed by atoms with E-state index in [1.54, 1.807) is 11.3 Å². The normalized spacial score (nSPS) is 17.5. The number of hydrogen-bond donors (Lipinski definition) is 1. The van der Waals surface area contributed by atoms with Crippen molar-refractivity contribution in [2.75, 3.05) is 6.54 Å². The third-order valence-electron chi connectivity index (χ3n) is 4.20. The Morgan fingerprint density at radius 3 is 3.12 bits per heavy atom. The van der Waals surface area contributed by atoms with Crippen molar-refractivity contribution in [3.05, 3.63) is 46.8 Å². The molecule has 2 amide bonds. The van der Waals surface area contributed by atoms with E-state index in [0.717, 1.165) is 40.3 Å². The van der Waals surface area contributed by atoms with Crippen LogP contribution in [0, 0.1) is 6.92 Å². The van der Waals surface area contributed by atoms with E-state index in [0.29, 0.717) is 12.3 Å². The number of aryl methyl sites for hydroxylation is 1. The molecule has 1 fully saturated rings. The predicted molar refractivity (Wildman–Crippen MR) is 91.8 cm³/mol. The molecule has 1 atom stereocenters. The van der Waals surface area contributed by atoms with Crippen LogP contribution < -0.4 is 5.32 Å². The molecule has 1 N–H and O–H groups in total. The molecular formula is C17H18N4O2S. The molecule has 1 aliphatic heterocycles. The van der Waals surface area contributed by atoms with Gasteiger partial charge in [-0.15, -0.1) is 11.3 Å². The second-order valence-electron chi connectivity index (χ2n) is 5.96. The van der Waals surface area contributed by atoms with Gasteiger partial charge in [-0.2, -0.15) is 0 Å². The zero-order valence-corrected chi connectivity index (χ0v) is 14.2. The summed E-state index contributed by atoms with van der Waals surface area (Å²) in [4.78, 5) is 19.1. The Kier molecular flexibility index (Phi) is 3.93. The lowest BCUT2D eigenvalue weighted by atomic mass is 10.2. The van der Waals surface area contributed by atoms with Gasteiger partial charge in [0.2, 0.25) is 0 Å². The largest absolute Gasteiger partial charge is 0.359 e. The monoisotopic (exact) mass is 342 g/mol. The quantitative estimate of drug-likeness (QED) is 0.789. The van der Waals surface area contributed by atoms with Crippen molar-refractivity contribution in [1.82, 2.24) is 20.4 Å². The van der Waals surface area contributed by atoms with Crippen LogP contribution in [0.1, 0.15) is 35.3 Å². The smallest absolute Gasteiger partial charge is 0.318 e. The van der Waals surface area contributed by atoms with E-state index in [1.807, 2.05) is 36.1 Å². The Morgan fingerprint density at radius 1 is 1.46 bits per heavy atom. The average molecular weight is 342 g/mol. The first-order valence-corrected chi connectivity index (χ1v) is 8.84. The molecule has 0 radical (unpaired) electrons. The van der Waals surface area contributed by atoms with Crippen molar-refractivity contribution >= 4 is 27.6 Å². The maximum absolute atomic E-state index is 12.6. The SMILES string of the molecule is Cc1cc(CNC(=O)N2CCC[C@H]2c2nc3ccccc3s2)on1. The zero-order valence-electron chi connectivity index (χ0n) is 13.4. The van der Waals surface area contributed by atoms with Gasteiger partial charge in [0, 0.05) is 12.6 Å². The van der Waals surface area contributed by atoms with Crippen LogP contribution in [0.3, 0.4) is 0 Å². The second-order valence-corrected chi connectivity index (χ2v) is 7.03. The predicted octanol–water partition coefficient (Wildman–Crippen LogP) is 3.64. The number of fused-ring (bicyclic) bond motifs is 1. The highest BCUT2D eigenvalue weighted by molar-refractivity contribution is 7.18. The van der Waals surface area contributed by atoms with Crippen LogP contribution in [-0.4, -0.2) is 27.6 Å². The van der Waals surface area contributed by atoms with Gasteiger partial charge in [0.1, 0.15) is 5.01 Å². The first kappa shape index (κ1) is 15.1. The maximum Gasteiger partial charge on any atom is 0.318 e. The molecule has 3 heterocycles. The van der Waals surface area contributed by atoms with E-state index >= 15 is 0 Å². The fourth-order valence-electron chi connectivity index (χ4n) is 3.06. The van der Waals surface area contributed by atoms with Crippen LogP contribution in [0.15, 0.2) is 34.9 Å². The average Bonchev–Trinajstić information content (AvgIpc) is 3.30. The standard InChI is InChI=1S/C17H18N4O2S/c1-11-9-12(23-20-11)10-18-17(22)21-8-4-6-14(21)16-19-13-5-2-3-7-15(13)24-16/h2-3,5,7,9,14H,4,6,8,10H2,1H3,(H,18,22)/t14-/m0/s1. The third kappa shape index (κ3) is 2.87. The Bertz CT molecular complexity index is 839. The third-order valence-corrected chi connectivity index (χ3v) is 5.34. The lowest BCUT2D eigenvalue weighted by Crippen LogP contribution is -2.39. The molecule has 0 spiro atoms. The molecular weight excluding hydrogens is 324 g/mol. The number of para-hydroxylation sites is 1. The van der Waals surface area contributed by atoms with Gasteiger partial charge in [-0.3, -0.25) is 0 Å². The summed E-state index contributed by atoms with van der Waals surface area (Å²) in [6, 6.07) is 9.90. The number of carbonyl (C=O) groups is 1. The van der Waals surface area contributed by atoms with Gasteiger partial charge in [0.25, 0.3) is 0 Å². The van der Waals surface area contributed by atoms with E-state index in [4.69, 9.17) is 9.51 Å². The lowest BCUT2D eigenvalue weighted by Gasteiger charge is -2.23. The van der Waals surface area contributed by atoms with Gasteiger partial charge in [-0.05, 0) is 31.9 Å². The van der Waals surface area contributed by atoms with Crippen LogP contribution in [0.4, 0.5) is 4.79 Å². The molecule has 24 heavy (non-hydrogen) atoms. The summed E-state index contributed by atoms with van der Waals surface area (Å²) in [5.41, 5.74) is 1.81. The van der Waals surface area contributed by atoms with E-state index in [9.17, 15) is 4.79 Å². The highest BCUT2D eigenvalue weighted by atomic mass is 32.1. The highest BCUT2D eigenvalue weighted by Crippen LogP contribution is 2.36. The van der Waals surface area contributed by atoms with Crippen LogP contribution in [0.25, 0.3) is 10.2 Å². The maximum atomic E-state index is 12.6. The number of amides is 2. The van der Waals surface area contributed by atoms with E-state index < -0.39 is 0 Å². The summed E-state index contributed by atoms with van der Waals surface area (Å²) in [6.07, 6.45) is 1.95. The Hall–Kier alpha value is -2.41. The molecule has 4 rings (SSSR count). The van der Waals surface area contributed by atoms with Crippen molar-refractivity contribution in [2.45, 2.75) is 32.4 Å². The first-order valence-electron chi connectivity index (χ1n) is 8.03. The summed E-state index contributed by atoms with van der Waals surface area (Å²) in [5, 5.41) is 7.76. The minimum Gasteiger partial charge on any atom is -0.359 e. The summed E-state index contributed by atoms with van der Waals surface area (Å²) < 4.78 is 6.30. The fraction of sp³-hybridized carbons (Fsp3) is 0.353. The van der Waals surface area contributed by atoms with Crippen molar-refractivity contribution < 1.29 is 9.32 Å². The summed E-state index contributed by atoms with van der Waals surface area (Å²) >= 11 is 1.67.